The van der Waals surface area contributed by atoms with Crippen LogP contribution in [0.2, 0.25) is 0 Å². The van der Waals surface area contributed by atoms with Crippen LogP contribution in [0.15, 0.2) is 40.9 Å². The molecule has 1 atom stereocenters. The molecule has 0 amide bonds. The number of anilines is 1. The molecular weight excluding hydrogens is 282 g/mol. The SMILES string of the molecule is Cc1ccc(C(C)Nc2ccccc2Br)s1. The normalized spacial score (nSPS) is 12.4. The summed E-state index contributed by atoms with van der Waals surface area (Å²) in [6, 6.07) is 12.9. The van der Waals surface area contributed by atoms with Gasteiger partial charge in [0.1, 0.15) is 0 Å². The quantitative estimate of drug-likeness (QED) is 0.841. The van der Waals surface area contributed by atoms with Crippen LogP contribution in [0.25, 0.3) is 0 Å². The second kappa shape index (κ2) is 5.02. The molecule has 3 heteroatoms. The Morgan fingerprint density at radius 2 is 1.94 bits per heavy atom. The Morgan fingerprint density at radius 1 is 1.19 bits per heavy atom. The number of para-hydroxylation sites is 1. The summed E-state index contributed by atoms with van der Waals surface area (Å²) in [5.74, 6) is 0. The molecule has 0 fully saturated rings. The molecule has 0 saturated heterocycles. The van der Waals surface area contributed by atoms with Crippen LogP contribution in [0.3, 0.4) is 0 Å². The van der Waals surface area contributed by atoms with Crippen molar-refractivity contribution in [2.45, 2.75) is 19.9 Å². The van der Waals surface area contributed by atoms with Crippen molar-refractivity contribution in [3.8, 4) is 0 Å². The molecule has 1 aromatic carbocycles. The highest BCUT2D eigenvalue weighted by atomic mass is 79.9. The molecule has 2 rings (SSSR count). The lowest BCUT2D eigenvalue weighted by Crippen LogP contribution is -2.04. The lowest BCUT2D eigenvalue weighted by atomic mass is 10.2. The number of nitrogens with one attached hydrogen (secondary N) is 1. The molecule has 0 aliphatic rings. The number of thiophene rings is 1. The molecule has 84 valence electrons. The maximum Gasteiger partial charge on any atom is 0.0578 e. The van der Waals surface area contributed by atoms with E-state index in [1.807, 2.05) is 23.5 Å². The topological polar surface area (TPSA) is 12.0 Å². The number of halogens is 1. The first-order chi connectivity index (χ1) is 7.66. The predicted octanol–water partition coefficient (Wildman–Crippen LogP) is 4.99. The van der Waals surface area contributed by atoms with Crippen molar-refractivity contribution in [2.24, 2.45) is 0 Å². The Morgan fingerprint density at radius 3 is 2.56 bits per heavy atom. The van der Waals surface area contributed by atoms with Gasteiger partial charge in [0.15, 0.2) is 0 Å². The van der Waals surface area contributed by atoms with Gasteiger partial charge in [0, 0.05) is 19.9 Å². The van der Waals surface area contributed by atoms with Crippen LogP contribution >= 0.6 is 27.3 Å². The molecular formula is C13H14BrNS. The number of hydrogen-bond donors (Lipinski definition) is 1. The summed E-state index contributed by atoms with van der Waals surface area (Å²) in [6.07, 6.45) is 0. The number of hydrogen-bond acceptors (Lipinski definition) is 2. The van der Waals surface area contributed by atoms with E-state index in [9.17, 15) is 0 Å². The smallest absolute Gasteiger partial charge is 0.0578 e. The van der Waals surface area contributed by atoms with Gasteiger partial charge >= 0.3 is 0 Å². The summed E-state index contributed by atoms with van der Waals surface area (Å²) < 4.78 is 1.11. The van der Waals surface area contributed by atoms with Gasteiger partial charge in [-0.05, 0) is 54.0 Å². The Balaban J connectivity index is 2.13. The first-order valence-electron chi connectivity index (χ1n) is 5.24. The van der Waals surface area contributed by atoms with Gasteiger partial charge in [0.2, 0.25) is 0 Å². The molecule has 2 aromatic rings. The second-order valence-corrected chi connectivity index (χ2v) is 5.97. The highest BCUT2D eigenvalue weighted by molar-refractivity contribution is 9.10. The Hall–Kier alpha value is -0.800. The van der Waals surface area contributed by atoms with E-state index in [0.29, 0.717) is 6.04 Å². The molecule has 0 bridgehead atoms. The molecule has 0 radical (unpaired) electrons. The summed E-state index contributed by atoms with van der Waals surface area (Å²) in [5.41, 5.74) is 1.14. The largest absolute Gasteiger partial charge is 0.377 e. The molecule has 1 nitrogen and oxygen atoms in total. The van der Waals surface area contributed by atoms with Crippen molar-refractivity contribution in [1.82, 2.24) is 0 Å². The Kier molecular flexibility index (Phi) is 3.66. The first-order valence-corrected chi connectivity index (χ1v) is 6.85. The van der Waals surface area contributed by atoms with E-state index in [4.69, 9.17) is 0 Å². The van der Waals surface area contributed by atoms with Crippen molar-refractivity contribution in [3.05, 3.63) is 50.6 Å². The van der Waals surface area contributed by atoms with Crippen molar-refractivity contribution >= 4 is 33.0 Å². The van der Waals surface area contributed by atoms with Gasteiger partial charge < -0.3 is 5.32 Å². The van der Waals surface area contributed by atoms with Crippen molar-refractivity contribution in [3.63, 3.8) is 0 Å². The molecule has 1 heterocycles. The second-order valence-electron chi connectivity index (χ2n) is 3.79. The van der Waals surface area contributed by atoms with Gasteiger partial charge in [0.05, 0.1) is 6.04 Å². The first kappa shape index (κ1) is 11.7. The van der Waals surface area contributed by atoms with Crippen molar-refractivity contribution < 1.29 is 0 Å². The van der Waals surface area contributed by atoms with Gasteiger partial charge in [-0.25, -0.2) is 0 Å². The molecule has 1 aromatic heterocycles. The maximum atomic E-state index is 3.54. The Labute approximate surface area is 109 Å². The minimum absolute atomic E-state index is 0.345. The van der Waals surface area contributed by atoms with Crippen LogP contribution < -0.4 is 5.32 Å². The summed E-state index contributed by atoms with van der Waals surface area (Å²) in [6.45, 7) is 4.32. The summed E-state index contributed by atoms with van der Waals surface area (Å²) >= 11 is 5.39. The Bertz CT molecular complexity index is 478. The molecule has 0 saturated carbocycles. The average Bonchev–Trinajstić information content (AvgIpc) is 2.68. The van der Waals surface area contributed by atoms with E-state index >= 15 is 0 Å². The molecule has 1 unspecified atom stereocenters. The third kappa shape index (κ3) is 2.66. The molecule has 0 aliphatic carbocycles. The summed E-state index contributed by atoms with van der Waals surface area (Å²) in [4.78, 5) is 2.73. The number of rotatable bonds is 3. The fraction of sp³-hybridized carbons (Fsp3) is 0.231. The zero-order valence-corrected chi connectivity index (χ0v) is 11.7. The van der Waals surface area contributed by atoms with E-state index in [2.05, 4.69) is 59.4 Å². The van der Waals surface area contributed by atoms with Gasteiger partial charge in [-0.1, -0.05) is 12.1 Å². The zero-order chi connectivity index (χ0) is 11.5. The highest BCUT2D eigenvalue weighted by Gasteiger charge is 2.08. The fourth-order valence-corrected chi connectivity index (χ4v) is 2.85. The van der Waals surface area contributed by atoms with Crippen molar-refractivity contribution in [2.75, 3.05) is 5.32 Å². The van der Waals surface area contributed by atoms with Crippen LogP contribution in [0.4, 0.5) is 5.69 Å². The van der Waals surface area contributed by atoms with Gasteiger partial charge in [-0.15, -0.1) is 11.3 Å². The van der Waals surface area contributed by atoms with Gasteiger partial charge in [-0.2, -0.15) is 0 Å². The van der Waals surface area contributed by atoms with Gasteiger partial charge in [0.25, 0.3) is 0 Å². The zero-order valence-electron chi connectivity index (χ0n) is 9.33. The minimum atomic E-state index is 0.345. The van der Waals surface area contributed by atoms with Crippen LogP contribution in [-0.4, -0.2) is 0 Å². The molecule has 0 spiro atoms. The lowest BCUT2D eigenvalue weighted by Gasteiger charge is -2.14. The molecule has 16 heavy (non-hydrogen) atoms. The third-order valence-electron chi connectivity index (χ3n) is 2.43. The number of benzene rings is 1. The van der Waals surface area contributed by atoms with E-state index < -0.39 is 0 Å². The highest BCUT2D eigenvalue weighted by Crippen LogP contribution is 2.29. The van der Waals surface area contributed by atoms with E-state index in [1.54, 1.807) is 0 Å². The van der Waals surface area contributed by atoms with E-state index in [1.165, 1.54) is 9.75 Å². The summed E-state index contributed by atoms with van der Waals surface area (Å²) in [7, 11) is 0. The number of aryl methyl sites for hydroxylation is 1. The summed E-state index contributed by atoms with van der Waals surface area (Å²) in [5, 5.41) is 3.50. The van der Waals surface area contributed by atoms with Crippen LogP contribution in [0.5, 0.6) is 0 Å². The van der Waals surface area contributed by atoms with Crippen LogP contribution in [0, 0.1) is 6.92 Å². The fourth-order valence-electron chi connectivity index (χ4n) is 1.57. The standard InChI is InChI=1S/C13H14BrNS/c1-9-7-8-13(16-9)10(2)15-12-6-4-3-5-11(12)14/h3-8,10,15H,1-2H3. The predicted molar refractivity (Wildman–Crippen MR) is 75.2 cm³/mol. The van der Waals surface area contributed by atoms with Crippen molar-refractivity contribution in [1.29, 1.82) is 0 Å². The maximum absolute atomic E-state index is 3.54. The molecule has 1 N–H and O–H groups in total. The lowest BCUT2D eigenvalue weighted by molar-refractivity contribution is 0.907. The van der Waals surface area contributed by atoms with E-state index in [0.717, 1.165) is 10.2 Å². The minimum Gasteiger partial charge on any atom is -0.377 e. The van der Waals surface area contributed by atoms with Crippen LogP contribution in [-0.2, 0) is 0 Å². The van der Waals surface area contributed by atoms with Gasteiger partial charge in [-0.3, -0.25) is 0 Å². The van der Waals surface area contributed by atoms with Crippen LogP contribution in [0.1, 0.15) is 22.7 Å². The monoisotopic (exact) mass is 295 g/mol. The average molecular weight is 296 g/mol. The van der Waals surface area contributed by atoms with E-state index in [-0.39, 0.29) is 0 Å². The molecule has 0 aliphatic heterocycles. The third-order valence-corrected chi connectivity index (χ3v) is 4.31.